The second kappa shape index (κ2) is 2.28. The third-order valence-corrected chi connectivity index (χ3v) is 0.906. The van der Waals surface area contributed by atoms with Crippen LogP contribution in [0.3, 0.4) is 0 Å². The maximum atomic E-state index is 11.8. The van der Waals surface area contributed by atoms with Crippen molar-refractivity contribution in [2.45, 2.75) is 6.18 Å². The van der Waals surface area contributed by atoms with Crippen LogP contribution in [-0.2, 0) is 6.18 Å². The van der Waals surface area contributed by atoms with E-state index < -0.39 is 11.9 Å². The van der Waals surface area contributed by atoms with Gasteiger partial charge in [0, 0.05) is 6.20 Å². The maximum Gasteiger partial charge on any atom is 0.433 e. The van der Waals surface area contributed by atoms with Crippen LogP contribution in [0.25, 0.3) is 0 Å². The van der Waals surface area contributed by atoms with Gasteiger partial charge in [0.2, 0.25) is 0 Å². The predicted molar refractivity (Wildman–Crippen MR) is 29.2 cm³/mol. The second-order valence-electron chi connectivity index (χ2n) is 1.64. The molecule has 0 radical (unpaired) electrons. The zero-order valence-corrected chi connectivity index (χ0v) is 4.81. The van der Waals surface area contributed by atoms with Crippen LogP contribution in [0.1, 0.15) is 7.06 Å². The van der Waals surface area contributed by atoms with Crippen molar-refractivity contribution in [1.82, 2.24) is 4.98 Å². The average molecular weight is 148 g/mol. The van der Waals surface area contributed by atoms with E-state index >= 15 is 0 Å². The van der Waals surface area contributed by atoms with Gasteiger partial charge in [0.25, 0.3) is 0 Å². The lowest BCUT2D eigenvalue weighted by molar-refractivity contribution is -0.141. The molecule has 1 nitrogen and oxygen atoms in total. The first-order chi connectivity index (χ1) is 5.00. The van der Waals surface area contributed by atoms with E-state index in [1.807, 2.05) is 0 Å². The molecular weight excluding hydrogens is 143 g/mol. The summed E-state index contributed by atoms with van der Waals surface area (Å²) < 4.78 is 42.3. The van der Waals surface area contributed by atoms with Crippen LogP contribution in [0.2, 0.25) is 0 Å². The van der Waals surface area contributed by atoms with Gasteiger partial charge >= 0.3 is 6.18 Å². The Labute approximate surface area is 56.9 Å². The van der Waals surface area contributed by atoms with Crippen molar-refractivity contribution >= 4 is 0 Å². The molecule has 0 fully saturated rings. The predicted octanol–water partition coefficient (Wildman–Crippen LogP) is 2.10. The van der Waals surface area contributed by atoms with Gasteiger partial charge in [-0.3, -0.25) is 4.98 Å². The van der Waals surface area contributed by atoms with Gasteiger partial charge in [-0.2, -0.15) is 13.2 Å². The number of pyridine rings is 1. The molecule has 0 atom stereocenters. The Morgan fingerprint density at radius 3 is 2.60 bits per heavy atom. The lowest BCUT2D eigenvalue weighted by Crippen LogP contribution is -2.06. The van der Waals surface area contributed by atoms with Gasteiger partial charge in [-0.15, -0.1) is 0 Å². The summed E-state index contributed by atoms with van der Waals surface area (Å²) in [5, 5.41) is 0. The van der Waals surface area contributed by atoms with Gasteiger partial charge in [0.15, 0.2) is 0 Å². The Morgan fingerprint density at radius 2 is 2.20 bits per heavy atom. The lowest BCUT2D eigenvalue weighted by Gasteiger charge is -2.02. The van der Waals surface area contributed by atoms with Gasteiger partial charge < -0.3 is 0 Å². The number of hydrogen-bond acceptors (Lipinski definition) is 1. The summed E-state index contributed by atoms with van der Waals surface area (Å²) in [6.07, 6.45) is -3.55. The van der Waals surface area contributed by atoms with Gasteiger partial charge in [-0.25, -0.2) is 0 Å². The van der Waals surface area contributed by atoms with Gasteiger partial charge in [0.05, 0.1) is 1.37 Å². The first-order valence-corrected chi connectivity index (χ1v) is 2.50. The fraction of sp³-hybridized carbons (Fsp3) is 0.167. The third-order valence-electron chi connectivity index (χ3n) is 0.906. The summed E-state index contributed by atoms with van der Waals surface area (Å²) in [7, 11) is 0. The van der Waals surface area contributed by atoms with E-state index in [1.54, 1.807) is 0 Å². The molecule has 0 unspecified atom stereocenters. The molecular formula is C6H4F3N. The maximum absolute atomic E-state index is 11.8. The first kappa shape index (κ1) is 5.70. The van der Waals surface area contributed by atoms with Crippen molar-refractivity contribution in [1.29, 1.82) is 0 Å². The van der Waals surface area contributed by atoms with Crippen molar-refractivity contribution in [2.75, 3.05) is 0 Å². The Hall–Kier alpha value is -1.06. The quantitative estimate of drug-likeness (QED) is 0.549. The number of alkyl halides is 3. The zero-order chi connectivity index (χ0) is 8.48. The van der Waals surface area contributed by atoms with Crippen molar-refractivity contribution in [2.24, 2.45) is 0 Å². The molecule has 0 bridgehead atoms. The van der Waals surface area contributed by atoms with Crippen LogP contribution in [0.5, 0.6) is 0 Å². The smallest absolute Gasteiger partial charge is 0.252 e. The van der Waals surface area contributed by atoms with Crippen molar-refractivity contribution < 1.29 is 14.5 Å². The van der Waals surface area contributed by atoms with Crippen LogP contribution in [-0.4, -0.2) is 4.98 Å². The summed E-state index contributed by atoms with van der Waals surface area (Å²) in [5.74, 6) is 0. The fourth-order valence-corrected chi connectivity index (χ4v) is 0.488. The summed E-state index contributed by atoms with van der Waals surface area (Å²) in [4.78, 5) is 3.04. The third kappa shape index (κ3) is 1.46. The number of rotatable bonds is 0. The van der Waals surface area contributed by atoms with Gasteiger partial charge in [0.1, 0.15) is 5.69 Å². The SMILES string of the molecule is [2H]c1ccc(C(F)(F)F)nc1. The minimum atomic E-state index is -4.41. The molecule has 0 aliphatic heterocycles. The molecule has 1 heterocycles. The summed E-state index contributed by atoms with van der Waals surface area (Å²) >= 11 is 0. The Bertz CT molecular complexity index is 241. The molecule has 1 aromatic heterocycles. The minimum Gasteiger partial charge on any atom is -0.252 e. The van der Waals surface area contributed by atoms with E-state index in [9.17, 15) is 13.2 Å². The number of halogens is 3. The Morgan fingerprint density at radius 1 is 1.50 bits per heavy atom. The van der Waals surface area contributed by atoms with Crippen molar-refractivity contribution in [3.63, 3.8) is 0 Å². The molecule has 0 N–H and O–H groups in total. The summed E-state index contributed by atoms with van der Waals surface area (Å²) in [5.41, 5.74) is -0.964. The zero-order valence-electron chi connectivity index (χ0n) is 5.81. The number of aromatic nitrogens is 1. The number of nitrogens with zero attached hydrogens (tertiary/aromatic N) is 1. The standard InChI is InChI=1S/C6H4F3N/c7-6(8,9)5-3-1-2-4-10-5/h1-4H/i2D. The van der Waals surface area contributed by atoms with Crippen molar-refractivity contribution in [3.8, 4) is 0 Å². The highest BCUT2D eigenvalue weighted by Gasteiger charge is 2.31. The van der Waals surface area contributed by atoms with E-state index in [0.717, 1.165) is 18.3 Å². The van der Waals surface area contributed by atoms with Gasteiger partial charge in [-0.1, -0.05) is 6.07 Å². The first-order valence-electron chi connectivity index (χ1n) is 3.00. The molecule has 0 aliphatic carbocycles. The molecule has 4 heteroatoms. The average Bonchev–Trinajstić information content (AvgIpc) is 1.86. The lowest BCUT2D eigenvalue weighted by atomic mass is 10.3. The monoisotopic (exact) mass is 148 g/mol. The Kier molecular flexibility index (Phi) is 1.30. The van der Waals surface area contributed by atoms with E-state index in [1.165, 1.54) is 0 Å². The topological polar surface area (TPSA) is 12.9 Å². The molecule has 0 aromatic carbocycles. The highest BCUT2D eigenvalue weighted by atomic mass is 19.4. The normalized spacial score (nSPS) is 12.9. The van der Waals surface area contributed by atoms with Crippen LogP contribution < -0.4 is 0 Å². The minimum absolute atomic E-state index is 0.0296. The van der Waals surface area contributed by atoms with E-state index in [4.69, 9.17) is 1.37 Å². The summed E-state index contributed by atoms with van der Waals surface area (Å²) in [6, 6.07) is 1.80. The van der Waals surface area contributed by atoms with Crippen LogP contribution in [0.15, 0.2) is 24.4 Å². The highest BCUT2D eigenvalue weighted by molar-refractivity contribution is 5.06. The number of hydrogen-bond donors (Lipinski definition) is 0. The largest absolute Gasteiger partial charge is 0.433 e. The Balaban J connectivity index is 2.99. The summed E-state index contributed by atoms with van der Waals surface area (Å²) in [6.45, 7) is 0. The van der Waals surface area contributed by atoms with Crippen LogP contribution >= 0.6 is 0 Å². The van der Waals surface area contributed by atoms with E-state index in [-0.39, 0.29) is 6.04 Å². The molecule has 54 valence electrons. The van der Waals surface area contributed by atoms with Crippen LogP contribution in [0, 0.1) is 0 Å². The fourth-order valence-electron chi connectivity index (χ4n) is 0.488. The second-order valence-corrected chi connectivity index (χ2v) is 1.64. The van der Waals surface area contributed by atoms with E-state index in [2.05, 4.69) is 4.98 Å². The molecule has 0 spiro atoms. The van der Waals surface area contributed by atoms with Gasteiger partial charge in [-0.05, 0) is 12.1 Å². The van der Waals surface area contributed by atoms with Crippen molar-refractivity contribution in [3.05, 3.63) is 30.1 Å². The molecule has 0 saturated carbocycles. The molecule has 0 aliphatic rings. The molecule has 0 amide bonds. The molecule has 1 rings (SSSR count). The molecule has 10 heavy (non-hydrogen) atoms. The molecule has 0 saturated heterocycles. The van der Waals surface area contributed by atoms with Crippen LogP contribution in [0.4, 0.5) is 13.2 Å². The molecule has 1 aromatic rings. The van der Waals surface area contributed by atoms with E-state index in [0.29, 0.717) is 0 Å². The highest BCUT2D eigenvalue weighted by Crippen LogP contribution is 2.26.